The molecule has 0 aliphatic carbocycles. The van der Waals surface area contributed by atoms with Crippen LogP contribution in [-0.2, 0) is 4.79 Å². The molecule has 4 rings (SSSR count). The minimum absolute atomic E-state index is 0.0535. The number of anilines is 1. The summed E-state index contributed by atoms with van der Waals surface area (Å²) in [6.45, 7) is 3.43. The molecule has 0 radical (unpaired) electrons. The van der Waals surface area contributed by atoms with Gasteiger partial charge in [0.25, 0.3) is 11.5 Å². The van der Waals surface area contributed by atoms with Crippen LogP contribution in [0.2, 0.25) is 0 Å². The molecule has 0 spiro atoms. The van der Waals surface area contributed by atoms with Crippen molar-refractivity contribution in [3.63, 3.8) is 0 Å². The van der Waals surface area contributed by atoms with E-state index in [-0.39, 0.29) is 16.7 Å². The number of aromatic nitrogens is 2. The number of hydrogen-bond acceptors (Lipinski definition) is 4. The summed E-state index contributed by atoms with van der Waals surface area (Å²) in [7, 11) is 0. The fourth-order valence-electron chi connectivity index (χ4n) is 3.26. The van der Waals surface area contributed by atoms with E-state index in [0.29, 0.717) is 28.3 Å². The number of benzene rings is 2. The number of carboxylic acids is 1. The smallest absolute Gasteiger partial charge is 0.335 e. The van der Waals surface area contributed by atoms with Crippen LogP contribution in [0.25, 0.3) is 11.8 Å². The van der Waals surface area contributed by atoms with Crippen LogP contribution in [0.4, 0.5) is 5.69 Å². The maximum Gasteiger partial charge on any atom is 0.335 e. The van der Waals surface area contributed by atoms with Crippen molar-refractivity contribution < 1.29 is 14.7 Å². The molecule has 0 unspecified atom stereocenters. The normalized spacial score (nSPS) is 15.0. The van der Waals surface area contributed by atoms with Crippen molar-refractivity contribution in [2.75, 3.05) is 5.01 Å². The molecule has 3 aromatic rings. The molecule has 30 heavy (non-hydrogen) atoms. The first kappa shape index (κ1) is 19.1. The van der Waals surface area contributed by atoms with E-state index in [1.165, 1.54) is 22.9 Å². The average Bonchev–Trinajstić information content (AvgIpc) is 3.19. The van der Waals surface area contributed by atoms with Gasteiger partial charge in [0.2, 0.25) is 0 Å². The van der Waals surface area contributed by atoms with Gasteiger partial charge >= 0.3 is 5.97 Å². The predicted octanol–water partition coefficient (Wildman–Crippen LogP) is 2.98. The Morgan fingerprint density at radius 2 is 1.73 bits per heavy atom. The van der Waals surface area contributed by atoms with Gasteiger partial charge in [-0.05, 0) is 50.3 Å². The summed E-state index contributed by atoms with van der Waals surface area (Å²) < 4.78 is 1.42. The number of nitrogens with zero attached hydrogens (tertiary/aromatic N) is 3. The summed E-state index contributed by atoms with van der Waals surface area (Å²) in [5.41, 5.74) is 2.49. The predicted molar refractivity (Wildman–Crippen MR) is 113 cm³/mol. The Balaban J connectivity index is 1.73. The highest BCUT2D eigenvalue weighted by atomic mass is 16.4. The van der Waals surface area contributed by atoms with Gasteiger partial charge in [0, 0.05) is 5.69 Å². The van der Waals surface area contributed by atoms with Crippen LogP contribution in [0.3, 0.4) is 0 Å². The molecule has 0 atom stereocenters. The van der Waals surface area contributed by atoms with Crippen LogP contribution in [0, 0.1) is 6.92 Å². The number of aryl methyl sites for hydroxylation is 1. The molecule has 2 aromatic carbocycles. The second-order valence-electron chi connectivity index (χ2n) is 6.84. The molecule has 0 saturated heterocycles. The van der Waals surface area contributed by atoms with Gasteiger partial charge in [-0.1, -0.05) is 24.3 Å². The third kappa shape index (κ3) is 3.24. The number of aromatic amines is 1. The Morgan fingerprint density at radius 1 is 1.03 bits per heavy atom. The van der Waals surface area contributed by atoms with E-state index in [9.17, 15) is 19.5 Å². The zero-order valence-corrected chi connectivity index (χ0v) is 16.3. The first-order valence-electron chi connectivity index (χ1n) is 9.19. The maximum absolute atomic E-state index is 13.0. The van der Waals surface area contributed by atoms with Gasteiger partial charge < -0.3 is 5.11 Å². The molecular weight excluding hydrogens is 384 g/mol. The van der Waals surface area contributed by atoms with Crippen LogP contribution in [0.1, 0.15) is 28.5 Å². The number of para-hydroxylation sites is 1. The van der Waals surface area contributed by atoms with Gasteiger partial charge in [0.05, 0.1) is 33.8 Å². The standard InChI is InChI=1S/C22H18N4O4/c1-13-18(20(27)25(23-13)16-8-4-3-5-9-16)12-19-14(2)24-26(21(19)28)17-10-6-7-15(11-17)22(29)30/h3-12,23H,1-2H3,(H,29,30)/b19-12-. The third-order valence-electron chi connectivity index (χ3n) is 4.82. The summed E-state index contributed by atoms with van der Waals surface area (Å²) >= 11 is 0. The van der Waals surface area contributed by atoms with E-state index in [1.807, 2.05) is 18.2 Å². The number of H-pyrrole nitrogens is 1. The van der Waals surface area contributed by atoms with Crippen LogP contribution >= 0.6 is 0 Å². The van der Waals surface area contributed by atoms with E-state index < -0.39 is 11.9 Å². The van der Waals surface area contributed by atoms with Gasteiger partial charge in [-0.3, -0.25) is 14.7 Å². The third-order valence-corrected chi connectivity index (χ3v) is 4.82. The van der Waals surface area contributed by atoms with Crippen molar-refractivity contribution in [2.24, 2.45) is 5.10 Å². The number of rotatable bonds is 4. The lowest BCUT2D eigenvalue weighted by Gasteiger charge is -2.12. The van der Waals surface area contributed by atoms with E-state index in [4.69, 9.17) is 0 Å². The van der Waals surface area contributed by atoms with Crippen molar-refractivity contribution >= 4 is 29.4 Å². The minimum atomic E-state index is -1.09. The number of carboxylic acid groups (broad SMARTS) is 1. The topological polar surface area (TPSA) is 108 Å². The lowest BCUT2D eigenvalue weighted by Crippen LogP contribution is -2.22. The van der Waals surface area contributed by atoms with Crippen LogP contribution in [0.5, 0.6) is 0 Å². The Kier molecular flexibility index (Phi) is 4.67. The summed E-state index contributed by atoms with van der Waals surface area (Å²) in [5.74, 6) is -1.52. The second kappa shape index (κ2) is 7.32. The summed E-state index contributed by atoms with van der Waals surface area (Å²) in [5, 5.41) is 17.6. The van der Waals surface area contributed by atoms with Gasteiger partial charge in [-0.15, -0.1) is 0 Å². The quantitative estimate of drug-likeness (QED) is 0.654. The van der Waals surface area contributed by atoms with E-state index >= 15 is 0 Å². The molecule has 2 heterocycles. The number of hydrogen-bond donors (Lipinski definition) is 2. The molecule has 1 amide bonds. The highest BCUT2D eigenvalue weighted by Gasteiger charge is 2.30. The lowest BCUT2D eigenvalue weighted by atomic mass is 10.1. The van der Waals surface area contributed by atoms with E-state index in [2.05, 4.69) is 10.2 Å². The Hall–Kier alpha value is -4.20. The SMILES string of the molecule is CC1=NN(c2cccc(C(=O)O)c2)C(=O)/C1=C\c1c(C)[nH]n(-c2ccccc2)c1=O. The number of nitrogens with one attached hydrogen (secondary N) is 1. The van der Waals surface area contributed by atoms with Crippen molar-refractivity contribution in [1.29, 1.82) is 0 Å². The number of amides is 1. The van der Waals surface area contributed by atoms with Gasteiger partial charge in [-0.2, -0.15) is 10.1 Å². The van der Waals surface area contributed by atoms with Crippen LogP contribution < -0.4 is 10.6 Å². The Bertz CT molecular complexity index is 1280. The zero-order chi connectivity index (χ0) is 21.4. The number of carbonyl (C=O) groups is 2. The van der Waals surface area contributed by atoms with Crippen molar-refractivity contribution in [3.05, 3.63) is 87.3 Å². The largest absolute Gasteiger partial charge is 0.478 e. The highest BCUT2D eigenvalue weighted by molar-refractivity contribution is 6.32. The number of carbonyl (C=O) groups excluding carboxylic acids is 1. The first-order valence-corrected chi connectivity index (χ1v) is 9.19. The molecule has 2 N–H and O–H groups in total. The van der Waals surface area contributed by atoms with Crippen molar-refractivity contribution in [2.45, 2.75) is 13.8 Å². The molecule has 8 nitrogen and oxygen atoms in total. The summed E-state index contributed by atoms with van der Waals surface area (Å²) in [4.78, 5) is 37.1. The summed E-state index contributed by atoms with van der Waals surface area (Å²) in [6.07, 6.45) is 1.52. The first-order chi connectivity index (χ1) is 14.4. The molecule has 0 bridgehead atoms. The Morgan fingerprint density at radius 3 is 2.43 bits per heavy atom. The van der Waals surface area contributed by atoms with Crippen LogP contribution in [-0.4, -0.2) is 32.5 Å². The van der Waals surface area contributed by atoms with E-state index in [0.717, 1.165) is 5.01 Å². The molecule has 8 heteroatoms. The van der Waals surface area contributed by atoms with Crippen molar-refractivity contribution in [1.82, 2.24) is 9.78 Å². The molecule has 1 aromatic heterocycles. The van der Waals surface area contributed by atoms with E-state index in [1.54, 1.807) is 38.1 Å². The van der Waals surface area contributed by atoms with Crippen molar-refractivity contribution in [3.8, 4) is 5.69 Å². The minimum Gasteiger partial charge on any atom is -0.478 e. The second-order valence-corrected chi connectivity index (χ2v) is 6.84. The van der Waals surface area contributed by atoms with Crippen LogP contribution in [0.15, 0.2) is 70.1 Å². The molecular formula is C22H18N4O4. The molecule has 150 valence electrons. The fourth-order valence-corrected chi connectivity index (χ4v) is 3.26. The number of hydrazone groups is 1. The molecule has 1 aliphatic heterocycles. The average molecular weight is 402 g/mol. The monoisotopic (exact) mass is 402 g/mol. The van der Waals surface area contributed by atoms with Gasteiger partial charge in [-0.25, -0.2) is 9.48 Å². The Labute approximate surface area is 171 Å². The molecule has 0 fully saturated rings. The lowest BCUT2D eigenvalue weighted by molar-refractivity contribution is -0.114. The zero-order valence-electron chi connectivity index (χ0n) is 16.3. The maximum atomic E-state index is 13.0. The summed E-state index contributed by atoms with van der Waals surface area (Å²) in [6, 6.07) is 15.1. The molecule has 1 aliphatic rings. The van der Waals surface area contributed by atoms with Gasteiger partial charge in [0.15, 0.2) is 0 Å². The van der Waals surface area contributed by atoms with Gasteiger partial charge in [0.1, 0.15) is 0 Å². The molecule has 0 saturated carbocycles. The highest BCUT2D eigenvalue weighted by Crippen LogP contribution is 2.26. The fraction of sp³-hybridized carbons (Fsp3) is 0.0909. The number of aromatic carboxylic acids is 1.